The van der Waals surface area contributed by atoms with Crippen molar-refractivity contribution in [3.8, 4) is 11.8 Å². The Morgan fingerprint density at radius 1 is 1.04 bits per heavy atom. The molecule has 0 aliphatic carbocycles. The molecule has 4 heteroatoms. The van der Waals surface area contributed by atoms with Crippen molar-refractivity contribution in [1.82, 2.24) is 0 Å². The van der Waals surface area contributed by atoms with E-state index in [0.29, 0.717) is 5.57 Å². The van der Waals surface area contributed by atoms with E-state index in [2.05, 4.69) is 25.3 Å². The Balaban J connectivity index is 4.54. The van der Waals surface area contributed by atoms with Crippen LogP contribution in [-0.2, 0) is 19.1 Å². The van der Waals surface area contributed by atoms with Crippen molar-refractivity contribution in [2.75, 3.05) is 13.2 Å². The molecule has 128 valence electrons. The highest BCUT2D eigenvalue weighted by Crippen LogP contribution is 2.12. The van der Waals surface area contributed by atoms with E-state index in [-0.39, 0.29) is 25.2 Å². The minimum atomic E-state index is -0.362. The van der Waals surface area contributed by atoms with E-state index in [1.165, 1.54) is 39.5 Å². The predicted octanol–water partition coefficient (Wildman–Crippen LogP) is 3.96. The first-order valence-electron chi connectivity index (χ1n) is 8.11. The van der Waals surface area contributed by atoms with Gasteiger partial charge in [0.2, 0.25) is 0 Å². The normalized spacial score (nSPS) is 10.5. The summed E-state index contributed by atoms with van der Waals surface area (Å²) in [6.07, 6.45) is 8.93. The highest BCUT2D eigenvalue weighted by Gasteiger charge is 2.02. The first-order chi connectivity index (χ1) is 11.0. The van der Waals surface area contributed by atoms with Gasteiger partial charge < -0.3 is 9.47 Å². The quantitative estimate of drug-likeness (QED) is 0.265. The number of unbranched alkanes of at least 4 members (excludes halogenated alkanes) is 5. The molecule has 0 bridgehead atoms. The van der Waals surface area contributed by atoms with Gasteiger partial charge >= 0.3 is 11.9 Å². The fourth-order valence-corrected chi connectivity index (χ4v) is 1.81. The van der Waals surface area contributed by atoms with Crippen molar-refractivity contribution in [1.29, 1.82) is 0 Å². The van der Waals surface area contributed by atoms with Gasteiger partial charge in [0, 0.05) is 19.4 Å². The Labute approximate surface area is 139 Å². The Bertz CT molecular complexity index is 477. The van der Waals surface area contributed by atoms with Gasteiger partial charge in [0.05, 0.1) is 0 Å². The van der Waals surface area contributed by atoms with Crippen LogP contribution in [0.3, 0.4) is 0 Å². The standard InChI is InChI=1S/C19H28O4/c1-5-6-7-8-9-10-12-19(13-11-14-22-17(3)20)16(2)15-23-18(4)21/h12H,2,5-10,14-15H2,1,3-4H3/b19-12+. The molecule has 0 saturated carbocycles. The molecule has 0 unspecified atom stereocenters. The molecule has 23 heavy (non-hydrogen) atoms. The van der Waals surface area contributed by atoms with Gasteiger partial charge in [-0.05, 0) is 18.4 Å². The maximum Gasteiger partial charge on any atom is 0.303 e. The summed E-state index contributed by atoms with van der Waals surface area (Å²) in [6.45, 7) is 8.97. The lowest BCUT2D eigenvalue weighted by Crippen LogP contribution is -2.04. The molecule has 0 aromatic heterocycles. The monoisotopic (exact) mass is 320 g/mol. The van der Waals surface area contributed by atoms with Crippen LogP contribution in [0.4, 0.5) is 0 Å². The molecular weight excluding hydrogens is 292 g/mol. The minimum Gasteiger partial charge on any atom is -0.461 e. The predicted molar refractivity (Wildman–Crippen MR) is 91.6 cm³/mol. The highest BCUT2D eigenvalue weighted by molar-refractivity contribution is 5.66. The van der Waals surface area contributed by atoms with Crippen molar-refractivity contribution >= 4 is 11.9 Å². The van der Waals surface area contributed by atoms with E-state index in [0.717, 1.165) is 18.4 Å². The molecule has 0 saturated heterocycles. The van der Waals surface area contributed by atoms with E-state index >= 15 is 0 Å². The molecule has 0 aromatic carbocycles. The lowest BCUT2D eigenvalue weighted by Gasteiger charge is -2.06. The summed E-state index contributed by atoms with van der Waals surface area (Å²) < 4.78 is 9.74. The topological polar surface area (TPSA) is 52.6 Å². The van der Waals surface area contributed by atoms with Crippen LogP contribution >= 0.6 is 0 Å². The smallest absolute Gasteiger partial charge is 0.303 e. The van der Waals surface area contributed by atoms with Crippen LogP contribution in [0.25, 0.3) is 0 Å². The first kappa shape index (κ1) is 21.0. The summed E-state index contributed by atoms with van der Waals surface area (Å²) in [5, 5.41) is 0. The number of rotatable bonds is 10. The van der Waals surface area contributed by atoms with E-state index in [4.69, 9.17) is 9.47 Å². The van der Waals surface area contributed by atoms with Crippen molar-refractivity contribution in [3.63, 3.8) is 0 Å². The number of hydrogen-bond acceptors (Lipinski definition) is 4. The SMILES string of the molecule is C=C(COC(C)=O)/C(C#CCOC(C)=O)=C/CCCCCCC. The molecule has 0 aliphatic rings. The summed E-state index contributed by atoms with van der Waals surface area (Å²) in [5.41, 5.74) is 1.40. The number of carbonyl (C=O) groups excluding carboxylic acids is 2. The molecule has 0 fully saturated rings. The highest BCUT2D eigenvalue weighted by atomic mass is 16.5. The van der Waals surface area contributed by atoms with Crippen molar-refractivity contribution < 1.29 is 19.1 Å². The summed E-state index contributed by atoms with van der Waals surface area (Å²) in [5.74, 6) is 5.02. The largest absolute Gasteiger partial charge is 0.461 e. The van der Waals surface area contributed by atoms with Gasteiger partial charge in [-0.1, -0.05) is 57.1 Å². The molecule has 0 spiro atoms. The number of allylic oxidation sites excluding steroid dienone is 1. The van der Waals surface area contributed by atoms with Crippen LogP contribution in [0.5, 0.6) is 0 Å². The van der Waals surface area contributed by atoms with Gasteiger partial charge in [-0.15, -0.1) is 0 Å². The van der Waals surface area contributed by atoms with Gasteiger partial charge in [0.15, 0.2) is 6.61 Å². The number of hydrogen-bond donors (Lipinski definition) is 0. The average molecular weight is 320 g/mol. The second kappa shape index (κ2) is 13.6. The van der Waals surface area contributed by atoms with Crippen LogP contribution < -0.4 is 0 Å². The van der Waals surface area contributed by atoms with Crippen LogP contribution in [-0.4, -0.2) is 25.2 Å². The fourth-order valence-electron chi connectivity index (χ4n) is 1.81. The lowest BCUT2D eigenvalue weighted by atomic mass is 10.0. The number of esters is 2. The summed E-state index contributed by atoms with van der Waals surface area (Å²) in [7, 11) is 0. The summed E-state index contributed by atoms with van der Waals surface area (Å²) in [4.78, 5) is 21.6. The maximum atomic E-state index is 10.9. The Morgan fingerprint density at radius 3 is 2.30 bits per heavy atom. The van der Waals surface area contributed by atoms with Gasteiger partial charge in [-0.3, -0.25) is 9.59 Å². The lowest BCUT2D eigenvalue weighted by molar-refractivity contribution is -0.140. The number of ether oxygens (including phenoxy) is 2. The molecule has 0 rings (SSSR count). The Hall–Kier alpha value is -2.02. The van der Waals surface area contributed by atoms with E-state index in [9.17, 15) is 9.59 Å². The van der Waals surface area contributed by atoms with E-state index in [1.54, 1.807) is 0 Å². The molecular formula is C19H28O4. The third-order valence-corrected chi connectivity index (χ3v) is 3.06. The zero-order chi connectivity index (χ0) is 17.5. The zero-order valence-electron chi connectivity index (χ0n) is 14.6. The van der Waals surface area contributed by atoms with Crippen LogP contribution in [0.1, 0.15) is 59.3 Å². The van der Waals surface area contributed by atoms with Crippen LogP contribution in [0.2, 0.25) is 0 Å². The minimum absolute atomic E-state index is 0.0457. The molecule has 0 aliphatic heterocycles. The van der Waals surface area contributed by atoms with Gasteiger partial charge in [-0.25, -0.2) is 0 Å². The van der Waals surface area contributed by atoms with Gasteiger partial charge in [0.1, 0.15) is 6.61 Å². The summed E-state index contributed by atoms with van der Waals surface area (Å²) in [6, 6.07) is 0. The third-order valence-electron chi connectivity index (χ3n) is 3.06. The molecule has 0 N–H and O–H groups in total. The second-order valence-corrected chi connectivity index (χ2v) is 5.29. The second-order valence-electron chi connectivity index (χ2n) is 5.29. The fraction of sp³-hybridized carbons (Fsp3) is 0.579. The van der Waals surface area contributed by atoms with Gasteiger partial charge in [0.25, 0.3) is 0 Å². The van der Waals surface area contributed by atoms with E-state index < -0.39 is 0 Å². The van der Waals surface area contributed by atoms with Crippen LogP contribution in [0, 0.1) is 11.8 Å². The Kier molecular flexibility index (Phi) is 12.4. The van der Waals surface area contributed by atoms with Gasteiger partial charge in [-0.2, -0.15) is 0 Å². The van der Waals surface area contributed by atoms with Crippen molar-refractivity contribution in [2.45, 2.75) is 59.3 Å². The molecule has 0 heterocycles. The van der Waals surface area contributed by atoms with Crippen LogP contribution in [0.15, 0.2) is 23.8 Å². The Morgan fingerprint density at radius 2 is 1.70 bits per heavy atom. The molecule has 0 atom stereocenters. The molecule has 0 radical (unpaired) electrons. The molecule has 0 amide bonds. The summed E-state index contributed by atoms with van der Waals surface area (Å²) >= 11 is 0. The zero-order valence-corrected chi connectivity index (χ0v) is 14.6. The number of carbonyl (C=O) groups is 2. The maximum absolute atomic E-state index is 10.9. The third kappa shape index (κ3) is 13.4. The van der Waals surface area contributed by atoms with E-state index in [1.807, 2.05) is 6.08 Å². The molecule has 4 nitrogen and oxygen atoms in total. The first-order valence-corrected chi connectivity index (χ1v) is 8.11. The van der Waals surface area contributed by atoms with Crippen molar-refractivity contribution in [3.05, 3.63) is 23.8 Å². The van der Waals surface area contributed by atoms with Crippen molar-refractivity contribution in [2.24, 2.45) is 0 Å². The molecule has 0 aromatic rings. The average Bonchev–Trinajstić information content (AvgIpc) is 2.49.